The molecule has 3 N–H and O–H groups in total. The Balaban J connectivity index is 1.57. The third-order valence-corrected chi connectivity index (χ3v) is 4.31. The molecule has 0 spiro atoms. The first-order valence-corrected chi connectivity index (χ1v) is 8.24. The molecule has 1 saturated carbocycles. The van der Waals surface area contributed by atoms with E-state index in [9.17, 15) is 14.4 Å². The molecule has 8 heteroatoms. The molecule has 25 heavy (non-hydrogen) atoms. The van der Waals surface area contributed by atoms with Crippen LogP contribution in [0.3, 0.4) is 0 Å². The van der Waals surface area contributed by atoms with E-state index in [1.165, 1.54) is 11.8 Å². The summed E-state index contributed by atoms with van der Waals surface area (Å²) in [6.07, 6.45) is 1.71. The molecule has 0 saturated heterocycles. The van der Waals surface area contributed by atoms with Crippen LogP contribution in [-0.2, 0) is 9.59 Å². The van der Waals surface area contributed by atoms with Gasteiger partial charge in [0.05, 0.1) is 5.52 Å². The van der Waals surface area contributed by atoms with Crippen molar-refractivity contribution in [1.82, 2.24) is 20.4 Å². The Morgan fingerprint density at radius 3 is 2.76 bits per heavy atom. The number of benzene rings is 1. The quantitative estimate of drug-likeness (QED) is 0.697. The number of nitrogens with one attached hydrogen (secondary N) is 2. The first-order chi connectivity index (χ1) is 12.0. The summed E-state index contributed by atoms with van der Waals surface area (Å²) in [6.45, 7) is 1.64. The molecule has 0 aliphatic heterocycles. The van der Waals surface area contributed by atoms with Gasteiger partial charge in [0.15, 0.2) is 5.69 Å². The summed E-state index contributed by atoms with van der Waals surface area (Å²) in [7, 11) is 0. The molecular weight excluding hydrogens is 324 g/mol. The minimum Gasteiger partial charge on any atom is -0.480 e. The van der Waals surface area contributed by atoms with Gasteiger partial charge in [0.1, 0.15) is 6.04 Å². The fourth-order valence-corrected chi connectivity index (χ4v) is 2.84. The number of aliphatic carboxylic acids is 1. The van der Waals surface area contributed by atoms with Gasteiger partial charge in [-0.3, -0.25) is 14.7 Å². The molecule has 1 fully saturated rings. The number of para-hydroxylation sites is 1. The number of carbonyl (C=O) groups is 3. The van der Waals surface area contributed by atoms with Gasteiger partial charge < -0.3 is 15.3 Å². The predicted octanol–water partition coefficient (Wildman–Crippen LogP) is 1.15. The number of amides is 2. The van der Waals surface area contributed by atoms with E-state index in [1.807, 2.05) is 18.2 Å². The second-order valence-corrected chi connectivity index (χ2v) is 6.17. The minimum atomic E-state index is -1.02. The van der Waals surface area contributed by atoms with Gasteiger partial charge in [0.25, 0.3) is 5.91 Å². The first-order valence-electron chi connectivity index (χ1n) is 8.24. The number of rotatable bonds is 7. The molecule has 2 aromatic rings. The van der Waals surface area contributed by atoms with Crippen LogP contribution in [-0.4, -0.2) is 56.6 Å². The molecule has 1 aliphatic carbocycles. The second kappa shape index (κ2) is 6.92. The SMILES string of the molecule is CC(C(=O)O)N(C(=O)CCNC(=O)c1n[nH]c2ccccc12)C1CC1. The molecule has 3 rings (SSSR count). The number of fused-ring (bicyclic) bond motifs is 1. The van der Waals surface area contributed by atoms with Crippen LogP contribution in [0.15, 0.2) is 24.3 Å². The maximum Gasteiger partial charge on any atom is 0.326 e. The summed E-state index contributed by atoms with van der Waals surface area (Å²) >= 11 is 0. The third kappa shape index (κ3) is 3.62. The standard InChI is InChI=1S/C17H20N4O4/c1-10(17(24)25)21(11-6-7-11)14(22)8-9-18-16(23)15-12-4-2-3-5-13(12)19-20-15/h2-5,10-11H,6-9H2,1H3,(H,18,23)(H,19,20)(H,24,25). The molecule has 1 unspecified atom stereocenters. The Labute approximate surface area is 144 Å². The summed E-state index contributed by atoms with van der Waals surface area (Å²) < 4.78 is 0. The van der Waals surface area contributed by atoms with E-state index in [-0.39, 0.29) is 36.5 Å². The maximum atomic E-state index is 12.3. The number of hydrogen-bond acceptors (Lipinski definition) is 4. The number of aromatic amines is 1. The molecule has 2 amide bonds. The van der Waals surface area contributed by atoms with Crippen LogP contribution in [0.5, 0.6) is 0 Å². The average Bonchev–Trinajstić information content (AvgIpc) is 3.32. The van der Waals surface area contributed by atoms with Crippen molar-refractivity contribution in [3.63, 3.8) is 0 Å². The lowest BCUT2D eigenvalue weighted by molar-refractivity contribution is -0.150. The zero-order chi connectivity index (χ0) is 18.0. The van der Waals surface area contributed by atoms with Crippen molar-refractivity contribution in [1.29, 1.82) is 0 Å². The number of nitrogens with zero attached hydrogens (tertiary/aromatic N) is 2. The topological polar surface area (TPSA) is 115 Å². The lowest BCUT2D eigenvalue weighted by Gasteiger charge is -2.26. The Bertz CT molecular complexity index is 812. The molecule has 1 aromatic carbocycles. The molecule has 1 aromatic heterocycles. The monoisotopic (exact) mass is 344 g/mol. The van der Waals surface area contributed by atoms with Gasteiger partial charge in [-0.2, -0.15) is 5.10 Å². The first kappa shape index (κ1) is 16.9. The van der Waals surface area contributed by atoms with E-state index in [4.69, 9.17) is 5.11 Å². The number of carbonyl (C=O) groups excluding carboxylic acids is 2. The van der Waals surface area contributed by atoms with Crippen molar-refractivity contribution in [2.24, 2.45) is 0 Å². The van der Waals surface area contributed by atoms with Gasteiger partial charge in [-0.15, -0.1) is 0 Å². The molecular formula is C17H20N4O4. The van der Waals surface area contributed by atoms with Crippen molar-refractivity contribution in [2.45, 2.75) is 38.3 Å². The number of carboxylic acid groups (broad SMARTS) is 1. The Hall–Kier alpha value is -2.90. The van der Waals surface area contributed by atoms with Crippen molar-refractivity contribution in [3.05, 3.63) is 30.0 Å². The van der Waals surface area contributed by atoms with Gasteiger partial charge >= 0.3 is 5.97 Å². The fraction of sp³-hybridized carbons (Fsp3) is 0.412. The van der Waals surface area contributed by atoms with Gasteiger partial charge in [-0.25, -0.2) is 4.79 Å². The van der Waals surface area contributed by atoms with Crippen LogP contribution >= 0.6 is 0 Å². The van der Waals surface area contributed by atoms with Gasteiger partial charge in [-0.1, -0.05) is 18.2 Å². The summed E-state index contributed by atoms with van der Waals surface area (Å²) in [5.41, 5.74) is 1.04. The van der Waals surface area contributed by atoms with E-state index >= 15 is 0 Å². The van der Waals surface area contributed by atoms with E-state index < -0.39 is 12.0 Å². The lowest BCUT2D eigenvalue weighted by Crippen LogP contribution is -2.45. The second-order valence-electron chi connectivity index (χ2n) is 6.17. The zero-order valence-corrected chi connectivity index (χ0v) is 13.9. The Morgan fingerprint density at radius 2 is 2.08 bits per heavy atom. The van der Waals surface area contributed by atoms with Crippen molar-refractivity contribution in [3.8, 4) is 0 Å². The van der Waals surface area contributed by atoms with E-state index in [0.29, 0.717) is 5.39 Å². The zero-order valence-electron chi connectivity index (χ0n) is 13.9. The van der Waals surface area contributed by atoms with E-state index in [0.717, 1.165) is 18.4 Å². The average molecular weight is 344 g/mol. The lowest BCUT2D eigenvalue weighted by atomic mass is 10.2. The molecule has 0 bridgehead atoms. The van der Waals surface area contributed by atoms with Crippen LogP contribution in [0.25, 0.3) is 10.9 Å². The molecule has 1 aliphatic rings. The highest BCUT2D eigenvalue weighted by Crippen LogP contribution is 2.29. The van der Waals surface area contributed by atoms with Crippen LogP contribution < -0.4 is 5.32 Å². The predicted molar refractivity (Wildman–Crippen MR) is 90.0 cm³/mol. The summed E-state index contributed by atoms with van der Waals surface area (Å²) in [6, 6.07) is 6.43. The van der Waals surface area contributed by atoms with Crippen molar-refractivity contribution >= 4 is 28.7 Å². The summed E-state index contributed by atoms with van der Waals surface area (Å²) in [5, 5.41) is 19.3. The van der Waals surface area contributed by atoms with E-state index in [1.54, 1.807) is 6.07 Å². The van der Waals surface area contributed by atoms with Crippen LogP contribution in [0, 0.1) is 0 Å². The van der Waals surface area contributed by atoms with Crippen molar-refractivity contribution in [2.75, 3.05) is 6.54 Å². The number of aromatic nitrogens is 2. The molecule has 132 valence electrons. The smallest absolute Gasteiger partial charge is 0.326 e. The Kier molecular flexibility index (Phi) is 4.69. The van der Waals surface area contributed by atoms with Crippen molar-refractivity contribution < 1.29 is 19.5 Å². The minimum absolute atomic E-state index is 0.00425. The molecule has 1 heterocycles. The number of hydrogen-bond donors (Lipinski definition) is 3. The highest BCUT2D eigenvalue weighted by Gasteiger charge is 2.37. The normalized spacial score (nSPS) is 14.9. The molecule has 1 atom stereocenters. The van der Waals surface area contributed by atoms with Crippen LogP contribution in [0.2, 0.25) is 0 Å². The van der Waals surface area contributed by atoms with Gasteiger partial charge in [-0.05, 0) is 25.8 Å². The fourth-order valence-electron chi connectivity index (χ4n) is 2.84. The molecule has 0 radical (unpaired) electrons. The van der Waals surface area contributed by atoms with Gasteiger partial charge in [0.2, 0.25) is 5.91 Å². The Morgan fingerprint density at radius 1 is 1.36 bits per heavy atom. The highest BCUT2D eigenvalue weighted by molar-refractivity contribution is 6.04. The van der Waals surface area contributed by atoms with Crippen LogP contribution in [0.1, 0.15) is 36.7 Å². The third-order valence-electron chi connectivity index (χ3n) is 4.31. The summed E-state index contributed by atoms with van der Waals surface area (Å²) in [5.74, 6) is -1.65. The van der Waals surface area contributed by atoms with Gasteiger partial charge in [0, 0.05) is 24.4 Å². The summed E-state index contributed by atoms with van der Waals surface area (Å²) in [4.78, 5) is 37.2. The van der Waals surface area contributed by atoms with E-state index in [2.05, 4.69) is 15.5 Å². The largest absolute Gasteiger partial charge is 0.480 e. The number of carboxylic acids is 1. The number of H-pyrrole nitrogens is 1. The molecule has 8 nitrogen and oxygen atoms in total. The van der Waals surface area contributed by atoms with Crippen LogP contribution in [0.4, 0.5) is 0 Å². The maximum absolute atomic E-state index is 12.3. The highest BCUT2D eigenvalue weighted by atomic mass is 16.4.